The van der Waals surface area contributed by atoms with Crippen LogP contribution in [0.25, 0.3) is 0 Å². The smallest absolute Gasteiger partial charge is 0.223 e. The molecule has 8 heteroatoms. The normalized spacial score (nSPS) is 20.6. The summed E-state index contributed by atoms with van der Waals surface area (Å²) in [5, 5.41) is 3.67. The SMILES string of the molecule is CN1CCC(CCNC(=O)C2CCN(S(=O)(=O)Cc3ccc(Cl)cc3)CC2)CC1. The summed E-state index contributed by atoms with van der Waals surface area (Å²) >= 11 is 5.86. The average molecular weight is 442 g/mol. The minimum Gasteiger partial charge on any atom is -0.356 e. The van der Waals surface area contributed by atoms with Gasteiger partial charge in [-0.05, 0) is 75.9 Å². The zero-order chi connectivity index (χ0) is 20.9. The lowest BCUT2D eigenvalue weighted by Crippen LogP contribution is -2.43. The summed E-state index contributed by atoms with van der Waals surface area (Å²) in [6.45, 7) is 3.82. The molecule has 1 aromatic rings. The molecule has 0 atom stereocenters. The van der Waals surface area contributed by atoms with Crippen LogP contribution in [0.2, 0.25) is 5.02 Å². The average Bonchev–Trinajstić information content (AvgIpc) is 2.71. The van der Waals surface area contributed by atoms with Crippen LogP contribution in [-0.4, -0.2) is 63.3 Å². The van der Waals surface area contributed by atoms with Crippen LogP contribution in [0.15, 0.2) is 24.3 Å². The van der Waals surface area contributed by atoms with Gasteiger partial charge in [-0.1, -0.05) is 23.7 Å². The molecule has 0 radical (unpaired) electrons. The number of benzene rings is 1. The highest BCUT2D eigenvalue weighted by atomic mass is 35.5. The van der Waals surface area contributed by atoms with Gasteiger partial charge in [-0.25, -0.2) is 12.7 Å². The minimum atomic E-state index is -3.38. The van der Waals surface area contributed by atoms with Crippen LogP contribution in [-0.2, 0) is 20.6 Å². The summed E-state index contributed by atoms with van der Waals surface area (Å²) in [5.74, 6) is 0.658. The van der Waals surface area contributed by atoms with Crippen LogP contribution in [0.5, 0.6) is 0 Å². The van der Waals surface area contributed by atoms with Gasteiger partial charge in [0.1, 0.15) is 0 Å². The Morgan fingerprint density at radius 1 is 1.07 bits per heavy atom. The second-order valence-electron chi connectivity index (χ2n) is 8.38. The lowest BCUT2D eigenvalue weighted by atomic mass is 9.93. The standard InChI is InChI=1S/C21H32ClN3O3S/c1-24-12-7-17(8-13-24)6-11-23-21(26)19-9-14-25(15-10-19)29(27,28)16-18-2-4-20(22)5-3-18/h2-5,17,19H,6-16H2,1H3,(H,23,26). The van der Waals surface area contributed by atoms with Crippen molar-refractivity contribution in [2.24, 2.45) is 11.8 Å². The van der Waals surface area contributed by atoms with E-state index in [1.165, 1.54) is 17.1 Å². The van der Waals surface area contributed by atoms with Gasteiger partial charge in [0, 0.05) is 30.6 Å². The number of hydrogen-bond donors (Lipinski definition) is 1. The van der Waals surface area contributed by atoms with E-state index in [4.69, 9.17) is 11.6 Å². The van der Waals surface area contributed by atoms with Crippen molar-refractivity contribution in [2.45, 2.75) is 37.9 Å². The fraction of sp³-hybridized carbons (Fsp3) is 0.667. The van der Waals surface area contributed by atoms with Gasteiger partial charge in [0.15, 0.2) is 0 Å². The van der Waals surface area contributed by atoms with E-state index in [0.29, 0.717) is 36.9 Å². The third kappa shape index (κ3) is 6.67. The number of nitrogens with one attached hydrogen (secondary N) is 1. The summed E-state index contributed by atoms with van der Waals surface area (Å²) in [5.41, 5.74) is 0.725. The van der Waals surface area contributed by atoms with Crippen molar-refractivity contribution in [2.75, 3.05) is 39.8 Å². The summed E-state index contributed by atoms with van der Waals surface area (Å²) < 4.78 is 26.9. The van der Waals surface area contributed by atoms with Crippen LogP contribution >= 0.6 is 11.6 Å². The highest BCUT2D eigenvalue weighted by Crippen LogP contribution is 2.23. The topological polar surface area (TPSA) is 69.7 Å². The molecular formula is C21H32ClN3O3S. The van der Waals surface area contributed by atoms with Gasteiger partial charge in [0.25, 0.3) is 0 Å². The molecule has 1 N–H and O–H groups in total. The number of rotatable bonds is 7. The molecular weight excluding hydrogens is 410 g/mol. The third-order valence-corrected chi connectivity index (χ3v) is 8.27. The Bertz CT molecular complexity index is 769. The van der Waals surface area contributed by atoms with Gasteiger partial charge < -0.3 is 10.2 Å². The molecule has 0 spiro atoms. The van der Waals surface area contributed by atoms with Crippen LogP contribution in [0.1, 0.15) is 37.7 Å². The Morgan fingerprint density at radius 2 is 1.69 bits per heavy atom. The molecule has 0 bridgehead atoms. The van der Waals surface area contributed by atoms with Gasteiger partial charge in [0.2, 0.25) is 15.9 Å². The van der Waals surface area contributed by atoms with Gasteiger partial charge >= 0.3 is 0 Å². The first-order valence-corrected chi connectivity index (χ1v) is 12.5. The molecule has 2 saturated heterocycles. The maximum absolute atomic E-state index is 12.7. The molecule has 0 saturated carbocycles. The predicted octanol–water partition coefficient (Wildman–Crippen LogP) is 2.73. The number of amides is 1. The highest BCUT2D eigenvalue weighted by molar-refractivity contribution is 7.88. The number of carbonyl (C=O) groups excluding carboxylic acids is 1. The molecule has 0 unspecified atom stereocenters. The van der Waals surface area contributed by atoms with Gasteiger partial charge in [-0.2, -0.15) is 0 Å². The van der Waals surface area contributed by atoms with Crippen LogP contribution in [0.4, 0.5) is 0 Å². The number of hydrogen-bond acceptors (Lipinski definition) is 4. The molecule has 1 amide bonds. The largest absolute Gasteiger partial charge is 0.356 e. The predicted molar refractivity (Wildman–Crippen MR) is 116 cm³/mol. The molecule has 3 rings (SSSR count). The maximum atomic E-state index is 12.7. The number of nitrogens with zero attached hydrogens (tertiary/aromatic N) is 2. The van der Waals surface area contributed by atoms with E-state index in [0.717, 1.165) is 31.6 Å². The first-order chi connectivity index (χ1) is 13.8. The summed E-state index contributed by atoms with van der Waals surface area (Å²) in [6, 6.07) is 6.89. The van der Waals surface area contributed by atoms with Crippen LogP contribution in [0, 0.1) is 11.8 Å². The Morgan fingerprint density at radius 3 is 2.31 bits per heavy atom. The van der Waals surface area contributed by atoms with Gasteiger partial charge in [-0.3, -0.25) is 4.79 Å². The first-order valence-electron chi connectivity index (χ1n) is 10.5. The number of piperidine rings is 2. The van der Waals surface area contributed by atoms with E-state index < -0.39 is 10.0 Å². The van der Waals surface area contributed by atoms with E-state index >= 15 is 0 Å². The summed E-state index contributed by atoms with van der Waals surface area (Å²) in [6.07, 6.45) is 4.61. The molecule has 2 fully saturated rings. The molecule has 162 valence electrons. The van der Waals surface area contributed by atoms with E-state index in [1.54, 1.807) is 24.3 Å². The summed E-state index contributed by atoms with van der Waals surface area (Å²) in [7, 11) is -1.23. The van der Waals surface area contributed by atoms with E-state index in [-0.39, 0.29) is 17.6 Å². The molecule has 1 aromatic carbocycles. The number of halogens is 1. The lowest BCUT2D eigenvalue weighted by Gasteiger charge is -2.31. The van der Waals surface area contributed by atoms with Crippen molar-refractivity contribution in [3.8, 4) is 0 Å². The van der Waals surface area contributed by atoms with Crippen molar-refractivity contribution in [1.82, 2.24) is 14.5 Å². The van der Waals surface area contributed by atoms with Crippen molar-refractivity contribution in [1.29, 1.82) is 0 Å². The molecule has 6 nitrogen and oxygen atoms in total. The molecule has 2 aliphatic rings. The Kier molecular flexibility index (Phi) is 7.96. The monoisotopic (exact) mass is 441 g/mol. The molecule has 0 aromatic heterocycles. The second-order valence-corrected chi connectivity index (χ2v) is 10.8. The molecule has 29 heavy (non-hydrogen) atoms. The summed E-state index contributed by atoms with van der Waals surface area (Å²) in [4.78, 5) is 14.8. The number of carbonyl (C=O) groups is 1. The van der Waals surface area contributed by atoms with E-state index in [9.17, 15) is 13.2 Å². The van der Waals surface area contributed by atoms with E-state index in [2.05, 4.69) is 17.3 Å². The minimum absolute atomic E-state index is 0.0301. The molecule has 2 heterocycles. The highest BCUT2D eigenvalue weighted by Gasteiger charge is 2.31. The fourth-order valence-corrected chi connectivity index (χ4v) is 5.86. The number of sulfonamides is 1. The zero-order valence-corrected chi connectivity index (χ0v) is 18.7. The lowest BCUT2D eigenvalue weighted by molar-refractivity contribution is -0.126. The van der Waals surface area contributed by atoms with E-state index in [1.807, 2.05) is 0 Å². The Balaban J connectivity index is 1.39. The molecule has 0 aliphatic carbocycles. The Hall–Kier alpha value is -1.15. The first kappa shape index (κ1) is 22.5. The third-order valence-electron chi connectivity index (χ3n) is 6.17. The second kappa shape index (κ2) is 10.2. The van der Waals surface area contributed by atoms with Crippen molar-refractivity contribution in [3.05, 3.63) is 34.9 Å². The van der Waals surface area contributed by atoms with Crippen molar-refractivity contribution in [3.63, 3.8) is 0 Å². The quantitative estimate of drug-likeness (QED) is 0.706. The fourth-order valence-electron chi connectivity index (χ4n) is 4.17. The maximum Gasteiger partial charge on any atom is 0.223 e. The van der Waals surface area contributed by atoms with Crippen molar-refractivity contribution >= 4 is 27.5 Å². The van der Waals surface area contributed by atoms with Gasteiger partial charge in [-0.15, -0.1) is 0 Å². The van der Waals surface area contributed by atoms with Gasteiger partial charge in [0.05, 0.1) is 5.75 Å². The molecule has 2 aliphatic heterocycles. The number of likely N-dealkylation sites (tertiary alicyclic amines) is 1. The Labute approximate surface area is 179 Å². The van der Waals surface area contributed by atoms with Crippen LogP contribution in [0.3, 0.4) is 0 Å². The van der Waals surface area contributed by atoms with Crippen LogP contribution < -0.4 is 5.32 Å². The zero-order valence-electron chi connectivity index (χ0n) is 17.1. The van der Waals surface area contributed by atoms with Crippen molar-refractivity contribution < 1.29 is 13.2 Å².